The van der Waals surface area contributed by atoms with Gasteiger partial charge in [0.2, 0.25) is 5.91 Å². The molecule has 0 spiro atoms. The molecule has 1 N–H and O–H groups in total. The highest BCUT2D eigenvalue weighted by Gasteiger charge is 2.13. The number of carbonyl (C=O) groups excluding carboxylic acids is 1. The molecule has 0 fully saturated rings. The molecule has 0 radical (unpaired) electrons. The SMILES string of the molecule is Cc1nc(-c2cccnc2)sc1-c1ccc(SCC(=O)Nc2ccc(C(C)C)cc2)nn1. The summed E-state index contributed by atoms with van der Waals surface area (Å²) in [7, 11) is 0. The molecule has 1 amide bonds. The standard InChI is InChI=1S/C24H23N5OS2/c1-15(2)17-6-8-19(9-7-17)27-21(30)14-31-22-11-10-20(28-29-22)23-16(3)26-24(32-23)18-5-4-12-25-13-18/h4-13,15H,14H2,1-3H3,(H,27,30). The highest BCUT2D eigenvalue weighted by atomic mass is 32.2. The fraction of sp³-hybridized carbons (Fsp3) is 0.208. The average molecular weight is 462 g/mol. The van der Waals surface area contributed by atoms with Gasteiger partial charge in [0, 0.05) is 23.6 Å². The summed E-state index contributed by atoms with van der Waals surface area (Å²) in [5.74, 6) is 0.662. The van der Waals surface area contributed by atoms with Gasteiger partial charge >= 0.3 is 0 Å². The molecule has 0 aliphatic heterocycles. The van der Waals surface area contributed by atoms with Crippen molar-refractivity contribution in [3.05, 3.63) is 72.2 Å². The van der Waals surface area contributed by atoms with E-state index in [0.29, 0.717) is 10.9 Å². The molecule has 4 rings (SSSR count). The Kier molecular flexibility index (Phi) is 6.92. The average Bonchev–Trinajstić information content (AvgIpc) is 3.20. The van der Waals surface area contributed by atoms with Gasteiger partial charge in [0.25, 0.3) is 0 Å². The number of thiazole rings is 1. The van der Waals surface area contributed by atoms with E-state index in [4.69, 9.17) is 0 Å². The van der Waals surface area contributed by atoms with Crippen LogP contribution in [0.15, 0.2) is 66.0 Å². The van der Waals surface area contributed by atoms with Crippen molar-refractivity contribution in [1.29, 1.82) is 0 Å². The van der Waals surface area contributed by atoms with Gasteiger partial charge in [-0.15, -0.1) is 21.5 Å². The van der Waals surface area contributed by atoms with Crippen molar-refractivity contribution in [1.82, 2.24) is 20.2 Å². The van der Waals surface area contributed by atoms with E-state index in [1.54, 1.807) is 23.7 Å². The van der Waals surface area contributed by atoms with Gasteiger partial charge in [-0.2, -0.15) is 0 Å². The van der Waals surface area contributed by atoms with Crippen LogP contribution >= 0.6 is 23.1 Å². The molecule has 8 heteroatoms. The Hall–Kier alpha value is -3.10. The van der Waals surface area contributed by atoms with Gasteiger partial charge in [-0.25, -0.2) is 4.98 Å². The first-order chi connectivity index (χ1) is 15.5. The number of thioether (sulfide) groups is 1. The Morgan fingerprint density at radius 3 is 2.56 bits per heavy atom. The number of aromatic nitrogens is 4. The fourth-order valence-electron chi connectivity index (χ4n) is 3.05. The van der Waals surface area contributed by atoms with Gasteiger partial charge in [-0.05, 0) is 54.8 Å². The van der Waals surface area contributed by atoms with Gasteiger partial charge < -0.3 is 5.32 Å². The van der Waals surface area contributed by atoms with E-state index < -0.39 is 0 Å². The van der Waals surface area contributed by atoms with Gasteiger partial charge in [-0.1, -0.05) is 37.7 Å². The number of rotatable bonds is 7. The number of nitrogens with zero attached hydrogens (tertiary/aromatic N) is 4. The number of hydrogen-bond donors (Lipinski definition) is 1. The summed E-state index contributed by atoms with van der Waals surface area (Å²) in [4.78, 5) is 22.1. The third kappa shape index (κ3) is 5.38. The van der Waals surface area contributed by atoms with E-state index in [9.17, 15) is 4.79 Å². The lowest BCUT2D eigenvalue weighted by Gasteiger charge is -2.08. The summed E-state index contributed by atoms with van der Waals surface area (Å²) < 4.78 is 0. The molecule has 32 heavy (non-hydrogen) atoms. The first-order valence-electron chi connectivity index (χ1n) is 10.2. The fourth-order valence-corrected chi connectivity index (χ4v) is 4.69. The largest absolute Gasteiger partial charge is 0.325 e. The van der Waals surface area contributed by atoms with E-state index in [-0.39, 0.29) is 11.7 Å². The van der Waals surface area contributed by atoms with E-state index in [1.165, 1.54) is 17.3 Å². The monoisotopic (exact) mass is 461 g/mol. The highest BCUT2D eigenvalue weighted by Crippen LogP contribution is 2.34. The lowest BCUT2D eigenvalue weighted by atomic mass is 10.0. The van der Waals surface area contributed by atoms with Crippen molar-refractivity contribution in [2.24, 2.45) is 0 Å². The molecule has 0 atom stereocenters. The first-order valence-corrected chi connectivity index (χ1v) is 12.0. The lowest BCUT2D eigenvalue weighted by Crippen LogP contribution is -2.14. The molecule has 0 aliphatic carbocycles. The molecule has 4 aromatic rings. The topological polar surface area (TPSA) is 80.7 Å². The molecule has 3 aromatic heterocycles. The molecule has 162 valence electrons. The molecular weight excluding hydrogens is 438 g/mol. The van der Waals surface area contributed by atoms with Crippen LogP contribution in [0.5, 0.6) is 0 Å². The van der Waals surface area contributed by atoms with Crippen molar-refractivity contribution in [2.75, 3.05) is 11.1 Å². The van der Waals surface area contributed by atoms with Crippen molar-refractivity contribution in [3.8, 4) is 21.1 Å². The maximum absolute atomic E-state index is 12.3. The maximum Gasteiger partial charge on any atom is 0.234 e. The molecule has 6 nitrogen and oxygen atoms in total. The molecule has 0 unspecified atom stereocenters. The zero-order valence-electron chi connectivity index (χ0n) is 18.1. The number of carbonyl (C=O) groups is 1. The summed E-state index contributed by atoms with van der Waals surface area (Å²) in [6.45, 7) is 6.26. The van der Waals surface area contributed by atoms with E-state index in [0.717, 1.165) is 32.5 Å². The predicted octanol–water partition coefficient (Wildman–Crippen LogP) is 5.82. The van der Waals surface area contributed by atoms with Crippen molar-refractivity contribution in [3.63, 3.8) is 0 Å². The van der Waals surface area contributed by atoms with Crippen LogP contribution in [-0.4, -0.2) is 31.8 Å². The van der Waals surface area contributed by atoms with Crippen LogP contribution in [0.25, 0.3) is 21.1 Å². The predicted molar refractivity (Wildman–Crippen MR) is 131 cm³/mol. The Bertz CT molecular complexity index is 1190. The van der Waals surface area contributed by atoms with Crippen LogP contribution in [0.1, 0.15) is 31.0 Å². The molecule has 3 heterocycles. The van der Waals surface area contributed by atoms with Crippen LogP contribution in [-0.2, 0) is 4.79 Å². The minimum atomic E-state index is -0.0717. The van der Waals surface area contributed by atoms with Crippen LogP contribution in [0.4, 0.5) is 5.69 Å². The quantitative estimate of drug-likeness (QED) is 0.349. The summed E-state index contributed by atoms with van der Waals surface area (Å²) in [6, 6.07) is 15.6. The molecule has 0 saturated carbocycles. The number of amides is 1. The molecule has 0 bridgehead atoms. The van der Waals surface area contributed by atoms with Crippen LogP contribution in [0, 0.1) is 6.92 Å². The number of benzene rings is 1. The smallest absolute Gasteiger partial charge is 0.234 e. The summed E-state index contributed by atoms with van der Waals surface area (Å²) in [5.41, 5.74) is 4.71. The first kappa shape index (κ1) is 22.1. The van der Waals surface area contributed by atoms with Crippen molar-refractivity contribution in [2.45, 2.75) is 31.7 Å². The van der Waals surface area contributed by atoms with E-state index >= 15 is 0 Å². The van der Waals surface area contributed by atoms with Gasteiger partial charge in [-0.3, -0.25) is 9.78 Å². The third-order valence-corrected chi connectivity index (χ3v) is 6.94. The normalized spacial score (nSPS) is 11.0. The molecule has 1 aromatic carbocycles. The molecular formula is C24H23N5OS2. The molecule has 0 aliphatic rings. The van der Waals surface area contributed by atoms with E-state index in [1.807, 2.05) is 55.5 Å². The number of nitrogens with one attached hydrogen (secondary N) is 1. The van der Waals surface area contributed by atoms with Gasteiger partial charge in [0.15, 0.2) is 0 Å². The second kappa shape index (κ2) is 10.0. The second-order valence-electron chi connectivity index (χ2n) is 7.55. The molecule has 0 saturated heterocycles. The minimum absolute atomic E-state index is 0.0717. The summed E-state index contributed by atoms with van der Waals surface area (Å²) in [6.07, 6.45) is 3.55. The van der Waals surface area contributed by atoms with Crippen LogP contribution in [0.2, 0.25) is 0 Å². The Balaban J connectivity index is 1.36. The van der Waals surface area contributed by atoms with Gasteiger partial charge in [0.05, 0.1) is 16.3 Å². The highest BCUT2D eigenvalue weighted by molar-refractivity contribution is 7.99. The number of hydrogen-bond acceptors (Lipinski definition) is 7. The Morgan fingerprint density at radius 2 is 1.91 bits per heavy atom. The van der Waals surface area contributed by atoms with Crippen molar-refractivity contribution < 1.29 is 4.79 Å². The Morgan fingerprint density at radius 1 is 1.09 bits per heavy atom. The lowest BCUT2D eigenvalue weighted by molar-refractivity contribution is -0.113. The zero-order chi connectivity index (χ0) is 22.5. The van der Waals surface area contributed by atoms with Gasteiger partial charge in [0.1, 0.15) is 15.7 Å². The van der Waals surface area contributed by atoms with E-state index in [2.05, 4.69) is 39.3 Å². The summed E-state index contributed by atoms with van der Waals surface area (Å²) >= 11 is 2.93. The van der Waals surface area contributed by atoms with Crippen molar-refractivity contribution >= 4 is 34.7 Å². The number of aryl methyl sites for hydroxylation is 1. The summed E-state index contributed by atoms with van der Waals surface area (Å²) in [5, 5.41) is 13.2. The number of pyridine rings is 1. The number of anilines is 1. The van der Waals surface area contributed by atoms with Crippen LogP contribution in [0.3, 0.4) is 0 Å². The third-order valence-electron chi connectivity index (χ3n) is 4.79. The zero-order valence-corrected chi connectivity index (χ0v) is 19.7. The minimum Gasteiger partial charge on any atom is -0.325 e. The maximum atomic E-state index is 12.3. The van der Waals surface area contributed by atoms with Crippen LogP contribution < -0.4 is 5.32 Å². The Labute approximate surface area is 195 Å². The second-order valence-corrected chi connectivity index (χ2v) is 9.54.